The van der Waals surface area contributed by atoms with Gasteiger partial charge in [0, 0.05) is 17.2 Å². The van der Waals surface area contributed by atoms with Crippen molar-refractivity contribution in [2.24, 2.45) is 11.3 Å². The maximum Gasteiger partial charge on any atom is 0.223 e. The number of hydrogen-bond acceptors (Lipinski definition) is 3. The average molecular weight is 296 g/mol. The Kier molecular flexibility index (Phi) is 4.61. The number of piperidine rings is 1. The molecule has 3 atom stereocenters. The van der Waals surface area contributed by atoms with Crippen LogP contribution in [0.5, 0.6) is 0 Å². The highest BCUT2D eigenvalue weighted by molar-refractivity contribution is 7.99. The Balaban J connectivity index is 1.53. The average Bonchev–Trinajstić information content (AvgIpc) is 3.15. The predicted molar refractivity (Wildman–Crippen MR) is 85.0 cm³/mol. The number of amides is 1. The molecule has 0 aromatic heterocycles. The molecule has 3 unspecified atom stereocenters. The molecule has 3 nitrogen and oxygen atoms in total. The van der Waals surface area contributed by atoms with Crippen molar-refractivity contribution in [3.05, 3.63) is 0 Å². The molecule has 3 fully saturated rings. The van der Waals surface area contributed by atoms with Crippen LogP contribution in [0, 0.1) is 11.3 Å². The van der Waals surface area contributed by atoms with Gasteiger partial charge in [-0.15, -0.1) is 0 Å². The molecular weight excluding hydrogens is 268 g/mol. The van der Waals surface area contributed by atoms with E-state index in [1.165, 1.54) is 38.5 Å². The van der Waals surface area contributed by atoms with E-state index in [2.05, 4.69) is 17.6 Å². The molecule has 4 heteroatoms. The molecule has 1 spiro atoms. The molecule has 0 bridgehead atoms. The minimum Gasteiger partial charge on any atom is -0.352 e. The molecule has 2 aliphatic carbocycles. The Morgan fingerprint density at radius 2 is 2.05 bits per heavy atom. The maximum absolute atomic E-state index is 12.6. The highest BCUT2D eigenvalue weighted by atomic mass is 32.2. The Bertz CT molecular complexity index is 352. The molecule has 0 radical (unpaired) electrons. The summed E-state index contributed by atoms with van der Waals surface area (Å²) in [5, 5.41) is 7.47. The summed E-state index contributed by atoms with van der Waals surface area (Å²) in [6.45, 7) is 4.42. The molecule has 20 heavy (non-hydrogen) atoms. The molecule has 1 saturated heterocycles. The minimum absolute atomic E-state index is 0.318. The molecule has 0 aromatic carbocycles. The summed E-state index contributed by atoms with van der Waals surface area (Å²) in [5.41, 5.74) is 0.372. The van der Waals surface area contributed by atoms with Crippen LogP contribution < -0.4 is 10.6 Å². The highest BCUT2D eigenvalue weighted by Crippen LogP contribution is 2.58. The van der Waals surface area contributed by atoms with Crippen molar-refractivity contribution in [1.29, 1.82) is 0 Å². The number of thioether (sulfide) groups is 1. The topological polar surface area (TPSA) is 41.1 Å². The normalized spacial score (nSPS) is 35.8. The lowest BCUT2D eigenvalue weighted by molar-refractivity contribution is -0.124. The Morgan fingerprint density at radius 1 is 1.30 bits per heavy atom. The van der Waals surface area contributed by atoms with Crippen LogP contribution in [0.3, 0.4) is 0 Å². The number of nitrogens with one attached hydrogen (secondary N) is 2. The summed E-state index contributed by atoms with van der Waals surface area (Å²) in [6.07, 6.45) is 8.62. The van der Waals surface area contributed by atoms with Crippen LogP contribution in [0.2, 0.25) is 0 Å². The first-order valence-corrected chi connectivity index (χ1v) is 9.43. The molecule has 1 aliphatic heterocycles. The molecule has 1 amide bonds. The van der Waals surface area contributed by atoms with Gasteiger partial charge in [-0.25, -0.2) is 0 Å². The lowest BCUT2D eigenvalue weighted by Crippen LogP contribution is -2.45. The number of hydrogen-bond donors (Lipinski definition) is 2. The van der Waals surface area contributed by atoms with Crippen molar-refractivity contribution < 1.29 is 4.79 Å². The van der Waals surface area contributed by atoms with Crippen molar-refractivity contribution in [3.8, 4) is 0 Å². The Morgan fingerprint density at radius 3 is 2.80 bits per heavy atom. The molecule has 2 saturated carbocycles. The Hall–Kier alpha value is -0.220. The van der Waals surface area contributed by atoms with Gasteiger partial charge in [-0.05, 0) is 56.4 Å². The zero-order valence-corrected chi connectivity index (χ0v) is 13.4. The summed E-state index contributed by atoms with van der Waals surface area (Å²) in [5.74, 6) is 1.84. The minimum atomic E-state index is 0.318. The van der Waals surface area contributed by atoms with E-state index in [9.17, 15) is 4.79 Å². The largest absolute Gasteiger partial charge is 0.352 e. The van der Waals surface area contributed by atoms with Gasteiger partial charge in [-0.3, -0.25) is 4.79 Å². The van der Waals surface area contributed by atoms with E-state index in [1.54, 1.807) is 0 Å². The lowest BCUT2D eigenvalue weighted by atomic mass is 9.91. The third-order valence-corrected chi connectivity index (χ3v) is 6.84. The zero-order chi connectivity index (χ0) is 14.0. The van der Waals surface area contributed by atoms with Gasteiger partial charge in [-0.1, -0.05) is 19.8 Å². The van der Waals surface area contributed by atoms with E-state index >= 15 is 0 Å². The smallest absolute Gasteiger partial charge is 0.223 e. The van der Waals surface area contributed by atoms with E-state index in [0.29, 0.717) is 28.5 Å². The van der Waals surface area contributed by atoms with Gasteiger partial charge in [0.1, 0.15) is 0 Å². The van der Waals surface area contributed by atoms with Crippen molar-refractivity contribution in [3.63, 3.8) is 0 Å². The second kappa shape index (κ2) is 6.27. The SMILES string of the molecule is CCSC1CCCCC1NC(=O)C1CC12CCNCC2. The fourth-order valence-corrected chi connectivity index (χ4v) is 5.35. The summed E-state index contributed by atoms with van der Waals surface area (Å²) in [6, 6.07) is 0.431. The van der Waals surface area contributed by atoms with Gasteiger partial charge in [-0.2, -0.15) is 11.8 Å². The van der Waals surface area contributed by atoms with E-state index in [1.807, 2.05) is 11.8 Å². The maximum atomic E-state index is 12.6. The van der Waals surface area contributed by atoms with Crippen LogP contribution in [0.25, 0.3) is 0 Å². The van der Waals surface area contributed by atoms with E-state index in [0.717, 1.165) is 25.3 Å². The Labute approximate surface area is 127 Å². The van der Waals surface area contributed by atoms with Crippen molar-refractivity contribution in [1.82, 2.24) is 10.6 Å². The monoisotopic (exact) mass is 296 g/mol. The lowest BCUT2D eigenvalue weighted by Gasteiger charge is -2.32. The van der Waals surface area contributed by atoms with Crippen LogP contribution >= 0.6 is 11.8 Å². The van der Waals surface area contributed by atoms with Crippen LogP contribution in [0.4, 0.5) is 0 Å². The molecule has 2 N–H and O–H groups in total. The molecule has 0 aromatic rings. The second-order valence-corrected chi connectivity index (χ2v) is 8.28. The first kappa shape index (κ1) is 14.7. The summed E-state index contributed by atoms with van der Waals surface area (Å²) < 4.78 is 0. The van der Waals surface area contributed by atoms with Crippen LogP contribution in [0.15, 0.2) is 0 Å². The first-order chi connectivity index (χ1) is 9.75. The molecular formula is C16H28N2OS. The fourth-order valence-electron chi connectivity index (χ4n) is 4.15. The van der Waals surface area contributed by atoms with E-state index in [4.69, 9.17) is 0 Å². The highest BCUT2D eigenvalue weighted by Gasteiger charge is 2.57. The molecule has 1 heterocycles. The summed E-state index contributed by atoms with van der Waals surface area (Å²) in [7, 11) is 0. The van der Waals surface area contributed by atoms with Gasteiger partial charge in [0.2, 0.25) is 5.91 Å². The third kappa shape index (κ3) is 3.01. The first-order valence-electron chi connectivity index (χ1n) is 8.38. The van der Waals surface area contributed by atoms with Crippen molar-refractivity contribution in [2.75, 3.05) is 18.8 Å². The molecule has 3 rings (SSSR count). The van der Waals surface area contributed by atoms with Gasteiger partial charge >= 0.3 is 0 Å². The van der Waals surface area contributed by atoms with Gasteiger partial charge in [0.25, 0.3) is 0 Å². The molecule has 114 valence electrons. The zero-order valence-electron chi connectivity index (χ0n) is 12.6. The fraction of sp³-hybridized carbons (Fsp3) is 0.938. The van der Waals surface area contributed by atoms with E-state index < -0.39 is 0 Å². The van der Waals surface area contributed by atoms with Crippen molar-refractivity contribution >= 4 is 17.7 Å². The number of rotatable bonds is 4. The third-order valence-electron chi connectivity index (χ3n) is 5.52. The number of carbonyl (C=O) groups is 1. The van der Waals surface area contributed by atoms with E-state index in [-0.39, 0.29) is 0 Å². The van der Waals surface area contributed by atoms with Crippen molar-refractivity contribution in [2.45, 2.75) is 63.2 Å². The summed E-state index contributed by atoms with van der Waals surface area (Å²) in [4.78, 5) is 12.6. The quantitative estimate of drug-likeness (QED) is 0.838. The van der Waals surface area contributed by atoms with Gasteiger partial charge < -0.3 is 10.6 Å². The van der Waals surface area contributed by atoms with Crippen LogP contribution in [-0.4, -0.2) is 36.0 Å². The number of carbonyl (C=O) groups excluding carboxylic acids is 1. The second-order valence-electron chi connectivity index (χ2n) is 6.76. The van der Waals surface area contributed by atoms with Crippen LogP contribution in [0.1, 0.15) is 51.9 Å². The molecule has 3 aliphatic rings. The predicted octanol–water partition coefficient (Wildman–Crippen LogP) is 2.56. The van der Waals surface area contributed by atoms with Crippen LogP contribution in [-0.2, 0) is 4.79 Å². The summed E-state index contributed by atoms with van der Waals surface area (Å²) >= 11 is 2.04. The van der Waals surface area contributed by atoms with Gasteiger partial charge in [0.05, 0.1) is 0 Å². The van der Waals surface area contributed by atoms with Gasteiger partial charge in [0.15, 0.2) is 0 Å². The standard InChI is InChI=1S/C16H28N2OS/c1-2-20-14-6-4-3-5-13(14)18-15(19)12-11-16(12)7-9-17-10-8-16/h12-14,17H,2-11H2,1H3,(H,18,19).